The number of H-pyrrole nitrogens is 1. The number of carbonyl (C=O) groups excluding carboxylic acids is 1. The van der Waals surface area contributed by atoms with Crippen LogP contribution in [0.4, 0.5) is 4.39 Å². The second-order valence-electron chi connectivity index (χ2n) is 7.49. The van der Waals surface area contributed by atoms with E-state index in [1.165, 1.54) is 6.07 Å². The Morgan fingerprint density at radius 3 is 2.92 bits per heavy atom. The molecule has 1 aromatic carbocycles. The molecule has 1 aromatic heterocycles. The van der Waals surface area contributed by atoms with Crippen LogP contribution in [0.25, 0.3) is 0 Å². The third-order valence-electron chi connectivity index (χ3n) is 5.70. The molecule has 6 heteroatoms. The minimum atomic E-state index is -0.171. The van der Waals surface area contributed by atoms with Crippen LogP contribution >= 0.6 is 0 Å². The highest BCUT2D eigenvalue weighted by atomic mass is 19.1. The van der Waals surface area contributed by atoms with Crippen LogP contribution in [-0.2, 0) is 11.2 Å². The van der Waals surface area contributed by atoms with Crippen molar-refractivity contribution in [2.75, 3.05) is 19.7 Å². The molecule has 1 unspecified atom stereocenters. The first kappa shape index (κ1) is 17.2. The molecule has 5 nitrogen and oxygen atoms in total. The van der Waals surface area contributed by atoms with E-state index in [1.54, 1.807) is 24.4 Å². The first-order valence-electron chi connectivity index (χ1n) is 9.31. The molecular formula is C20H24FN3O2. The molecule has 2 saturated heterocycles. The second kappa shape index (κ2) is 7.19. The summed E-state index contributed by atoms with van der Waals surface area (Å²) >= 11 is 0. The third kappa shape index (κ3) is 3.65. The first-order valence-corrected chi connectivity index (χ1v) is 9.31. The smallest absolute Gasteiger partial charge is 0.271 e. The maximum absolute atomic E-state index is 13.4. The van der Waals surface area contributed by atoms with E-state index in [1.807, 2.05) is 11.0 Å². The van der Waals surface area contributed by atoms with Crippen LogP contribution in [0.1, 0.15) is 41.7 Å². The van der Waals surface area contributed by atoms with E-state index < -0.39 is 0 Å². The summed E-state index contributed by atoms with van der Waals surface area (Å²) in [6, 6.07) is 8.60. The van der Waals surface area contributed by atoms with Crippen LogP contribution < -0.4 is 0 Å². The predicted molar refractivity (Wildman–Crippen MR) is 95.2 cm³/mol. The van der Waals surface area contributed by atoms with E-state index in [-0.39, 0.29) is 17.3 Å². The minimum absolute atomic E-state index is 0.00414. The summed E-state index contributed by atoms with van der Waals surface area (Å²) < 4.78 is 19.6. The number of likely N-dealkylation sites (tertiary alicyclic amines) is 1. The molecule has 0 aliphatic carbocycles. The van der Waals surface area contributed by atoms with Crippen molar-refractivity contribution in [3.8, 4) is 0 Å². The SMILES string of the molecule is O=C(c1ccn[nH]1)N1CCC2(CC1)CC(Cc1cccc(F)c1)CCO2. The zero-order valence-electron chi connectivity index (χ0n) is 14.8. The maximum Gasteiger partial charge on any atom is 0.271 e. The molecule has 2 aromatic rings. The van der Waals surface area contributed by atoms with Crippen LogP contribution in [0.5, 0.6) is 0 Å². The van der Waals surface area contributed by atoms with Crippen molar-refractivity contribution in [2.24, 2.45) is 5.92 Å². The van der Waals surface area contributed by atoms with Gasteiger partial charge in [-0.05, 0) is 61.8 Å². The minimum Gasteiger partial charge on any atom is -0.375 e. The molecule has 1 spiro atoms. The number of aromatic nitrogens is 2. The Balaban J connectivity index is 1.36. The average molecular weight is 357 g/mol. The standard InChI is InChI=1S/C20H24FN3O2/c21-17-3-1-2-15(13-17)12-16-5-11-26-20(14-16)6-9-24(10-7-20)19(25)18-4-8-22-23-18/h1-4,8,13,16H,5-7,9-12,14H2,(H,22,23). The summed E-state index contributed by atoms with van der Waals surface area (Å²) in [4.78, 5) is 14.3. The molecule has 2 fully saturated rings. The number of aromatic amines is 1. The second-order valence-corrected chi connectivity index (χ2v) is 7.49. The van der Waals surface area contributed by atoms with Gasteiger partial charge in [0.05, 0.1) is 5.60 Å². The Morgan fingerprint density at radius 1 is 1.35 bits per heavy atom. The molecule has 0 bridgehead atoms. The van der Waals surface area contributed by atoms with Gasteiger partial charge in [-0.1, -0.05) is 12.1 Å². The van der Waals surface area contributed by atoms with Gasteiger partial charge in [0, 0.05) is 25.9 Å². The summed E-state index contributed by atoms with van der Waals surface area (Å²) in [6.07, 6.45) is 6.18. The number of nitrogens with one attached hydrogen (secondary N) is 1. The van der Waals surface area contributed by atoms with Gasteiger partial charge in [0.15, 0.2) is 0 Å². The molecule has 1 amide bonds. The van der Waals surface area contributed by atoms with Gasteiger partial charge >= 0.3 is 0 Å². The number of piperidine rings is 1. The Labute approximate surface area is 152 Å². The number of carbonyl (C=O) groups is 1. The Hall–Kier alpha value is -2.21. The zero-order valence-corrected chi connectivity index (χ0v) is 14.8. The van der Waals surface area contributed by atoms with Crippen LogP contribution in [-0.4, -0.2) is 46.3 Å². The topological polar surface area (TPSA) is 58.2 Å². The van der Waals surface area contributed by atoms with E-state index in [9.17, 15) is 9.18 Å². The number of hydrogen-bond donors (Lipinski definition) is 1. The number of halogens is 1. The fraction of sp³-hybridized carbons (Fsp3) is 0.500. The summed E-state index contributed by atoms with van der Waals surface area (Å²) in [5.74, 6) is 0.333. The van der Waals surface area contributed by atoms with Gasteiger partial charge in [0.1, 0.15) is 11.5 Å². The van der Waals surface area contributed by atoms with Crippen LogP contribution in [0.3, 0.4) is 0 Å². The number of nitrogens with zero attached hydrogens (tertiary/aromatic N) is 2. The van der Waals surface area contributed by atoms with E-state index in [0.29, 0.717) is 24.7 Å². The highest BCUT2D eigenvalue weighted by Crippen LogP contribution is 2.39. The van der Waals surface area contributed by atoms with Crippen molar-refractivity contribution in [1.29, 1.82) is 0 Å². The van der Waals surface area contributed by atoms with Gasteiger partial charge < -0.3 is 9.64 Å². The fourth-order valence-electron chi connectivity index (χ4n) is 4.31. The number of benzene rings is 1. The average Bonchev–Trinajstić information content (AvgIpc) is 3.17. The van der Waals surface area contributed by atoms with Gasteiger partial charge in [0.2, 0.25) is 0 Å². The summed E-state index contributed by atoms with van der Waals surface area (Å²) in [5.41, 5.74) is 1.45. The number of hydrogen-bond acceptors (Lipinski definition) is 3. The molecule has 138 valence electrons. The molecule has 3 heterocycles. The van der Waals surface area contributed by atoms with Crippen molar-refractivity contribution >= 4 is 5.91 Å². The lowest BCUT2D eigenvalue weighted by atomic mass is 9.77. The summed E-state index contributed by atoms with van der Waals surface area (Å²) in [5, 5.41) is 6.59. The molecule has 1 atom stereocenters. The Morgan fingerprint density at radius 2 is 2.19 bits per heavy atom. The number of ether oxygens (including phenoxy) is 1. The van der Waals surface area contributed by atoms with Crippen LogP contribution in [0.15, 0.2) is 36.5 Å². The molecule has 0 saturated carbocycles. The molecule has 4 rings (SSSR count). The van der Waals surface area contributed by atoms with Crippen molar-refractivity contribution in [3.05, 3.63) is 53.6 Å². The number of rotatable bonds is 3. The maximum atomic E-state index is 13.4. The lowest BCUT2D eigenvalue weighted by molar-refractivity contribution is -0.123. The van der Waals surface area contributed by atoms with Crippen molar-refractivity contribution in [3.63, 3.8) is 0 Å². The highest BCUT2D eigenvalue weighted by Gasteiger charge is 2.41. The Bertz CT molecular complexity index is 754. The van der Waals surface area contributed by atoms with E-state index in [4.69, 9.17) is 4.74 Å². The third-order valence-corrected chi connectivity index (χ3v) is 5.70. The van der Waals surface area contributed by atoms with Crippen molar-refractivity contribution < 1.29 is 13.9 Å². The van der Waals surface area contributed by atoms with Gasteiger partial charge in [-0.2, -0.15) is 5.10 Å². The van der Waals surface area contributed by atoms with Gasteiger partial charge in [-0.25, -0.2) is 4.39 Å². The molecule has 2 aliphatic rings. The lowest BCUT2D eigenvalue weighted by Gasteiger charge is -2.46. The Kier molecular flexibility index (Phi) is 4.76. The predicted octanol–water partition coefficient (Wildman–Crippen LogP) is 3.19. The van der Waals surface area contributed by atoms with E-state index in [0.717, 1.165) is 44.3 Å². The largest absolute Gasteiger partial charge is 0.375 e. The molecular weight excluding hydrogens is 333 g/mol. The summed E-state index contributed by atoms with van der Waals surface area (Å²) in [6.45, 7) is 2.14. The highest BCUT2D eigenvalue weighted by molar-refractivity contribution is 5.92. The van der Waals surface area contributed by atoms with Gasteiger partial charge in [0.25, 0.3) is 5.91 Å². The van der Waals surface area contributed by atoms with Crippen LogP contribution in [0.2, 0.25) is 0 Å². The molecule has 1 N–H and O–H groups in total. The normalized spacial score (nSPS) is 22.5. The van der Waals surface area contributed by atoms with Gasteiger partial charge in [-0.3, -0.25) is 9.89 Å². The van der Waals surface area contributed by atoms with E-state index >= 15 is 0 Å². The van der Waals surface area contributed by atoms with Crippen molar-refractivity contribution in [1.82, 2.24) is 15.1 Å². The zero-order chi connectivity index (χ0) is 18.0. The van der Waals surface area contributed by atoms with Crippen LogP contribution in [0, 0.1) is 11.7 Å². The first-order chi connectivity index (χ1) is 12.6. The fourth-order valence-corrected chi connectivity index (χ4v) is 4.31. The molecule has 2 aliphatic heterocycles. The lowest BCUT2D eigenvalue weighted by Crippen LogP contribution is -2.51. The quantitative estimate of drug-likeness (QED) is 0.918. The number of amides is 1. The van der Waals surface area contributed by atoms with Crippen molar-refractivity contribution in [2.45, 2.75) is 37.7 Å². The summed E-state index contributed by atoms with van der Waals surface area (Å²) in [7, 11) is 0. The monoisotopic (exact) mass is 357 g/mol. The molecule has 26 heavy (non-hydrogen) atoms. The molecule has 0 radical (unpaired) electrons. The van der Waals surface area contributed by atoms with E-state index in [2.05, 4.69) is 10.2 Å². The van der Waals surface area contributed by atoms with Gasteiger partial charge in [-0.15, -0.1) is 0 Å².